The fourth-order valence-corrected chi connectivity index (χ4v) is 1.76. The van der Waals surface area contributed by atoms with Gasteiger partial charge in [0.25, 0.3) is 0 Å². The van der Waals surface area contributed by atoms with Crippen molar-refractivity contribution in [2.24, 2.45) is 0 Å². The molecule has 0 spiro atoms. The first kappa shape index (κ1) is 9.05. The predicted molar refractivity (Wildman–Crippen MR) is 45.3 cm³/mol. The highest BCUT2D eigenvalue weighted by atomic mass is 16.2. The lowest BCUT2D eigenvalue weighted by Gasteiger charge is -2.22. The molecule has 1 unspecified atom stereocenters. The summed E-state index contributed by atoms with van der Waals surface area (Å²) in [6.45, 7) is 2.93. The van der Waals surface area contributed by atoms with E-state index in [1.807, 2.05) is 11.0 Å². The number of amides is 1. The summed E-state index contributed by atoms with van der Waals surface area (Å²) in [6.07, 6.45) is 3.25. The number of nitrogens with zero attached hydrogens (tertiary/aromatic N) is 2. The van der Waals surface area contributed by atoms with E-state index in [-0.39, 0.29) is 12.3 Å². The topological polar surface area (TPSA) is 44.1 Å². The highest BCUT2D eigenvalue weighted by Crippen LogP contribution is 2.20. The van der Waals surface area contributed by atoms with Gasteiger partial charge in [-0.3, -0.25) is 4.79 Å². The number of likely N-dealkylation sites (tertiary alicyclic amines) is 1. The van der Waals surface area contributed by atoms with Gasteiger partial charge in [-0.15, -0.1) is 0 Å². The fraction of sp³-hybridized carbons (Fsp3) is 0.778. The molecule has 1 amide bonds. The largest absolute Gasteiger partial charge is 0.339 e. The molecular weight excluding hydrogens is 152 g/mol. The summed E-state index contributed by atoms with van der Waals surface area (Å²) in [5.74, 6) is 0.00171. The molecule has 12 heavy (non-hydrogen) atoms. The van der Waals surface area contributed by atoms with Crippen molar-refractivity contribution in [1.82, 2.24) is 4.90 Å². The smallest absolute Gasteiger partial charge is 0.237 e. The van der Waals surface area contributed by atoms with E-state index < -0.39 is 0 Å². The predicted octanol–water partition coefficient (Wildman–Crippen LogP) is 1.30. The van der Waals surface area contributed by atoms with E-state index in [1.165, 1.54) is 0 Å². The normalized spacial score (nSPS) is 22.3. The van der Waals surface area contributed by atoms with Crippen molar-refractivity contribution in [3.63, 3.8) is 0 Å². The molecule has 0 aromatic carbocycles. The Morgan fingerprint density at radius 3 is 3.08 bits per heavy atom. The number of hydrogen-bond donors (Lipinski definition) is 0. The fourth-order valence-electron chi connectivity index (χ4n) is 1.76. The highest BCUT2D eigenvalue weighted by Gasteiger charge is 2.26. The first-order valence-corrected chi connectivity index (χ1v) is 4.46. The SMILES string of the molecule is CCC1CCCN1C(=O)CC#N. The van der Waals surface area contributed by atoms with Crippen LogP contribution in [0.3, 0.4) is 0 Å². The van der Waals surface area contributed by atoms with E-state index in [4.69, 9.17) is 5.26 Å². The van der Waals surface area contributed by atoms with E-state index >= 15 is 0 Å². The van der Waals surface area contributed by atoms with Gasteiger partial charge in [0.15, 0.2) is 0 Å². The first-order valence-electron chi connectivity index (χ1n) is 4.46. The van der Waals surface area contributed by atoms with Gasteiger partial charge in [-0.05, 0) is 19.3 Å². The third kappa shape index (κ3) is 1.76. The van der Waals surface area contributed by atoms with Crippen LogP contribution in [0.5, 0.6) is 0 Å². The zero-order chi connectivity index (χ0) is 8.97. The average molecular weight is 166 g/mol. The van der Waals surface area contributed by atoms with Gasteiger partial charge in [0.05, 0.1) is 6.07 Å². The monoisotopic (exact) mass is 166 g/mol. The van der Waals surface area contributed by atoms with Crippen molar-refractivity contribution in [3.05, 3.63) is 0 Å². The molecule has 0 aromatic rings. The summed E-state index contributed by atoms with van der Waals surface area (Å²) >= 11 is 0. The second-order valence-corrected chi connectivity index (χ2v) is 3.13. The van der Waals surface area contributed by atoms with Crippen LogP contribution < -0.4 is 0 Å². The van der Waals surface area contributed by atoms with Crippen LogP contribution in [0.4, 0.5) is 0 Å². The molecule has 0 radical (unpaired) electrons. The lowest BCUT2D eigenvalue weighted by Crippen LogP contribution is -2.34. The van der Waals surface area contributed by atoms with Gasteiger partial charge in [0, 0.05) is 12.6 Å². The van der Waals surface area contributed by atoms with Gasteiger partial charge >= 0.3 is 0 Å². The minimum Gasteiger partial charge on any atom is -0.339 e. The summed E-state index contributed by atoms with van der Waals surface area (Å²) in [5.41, 5.74) is 0. The molecule has 1 saturated heterocycles. The van der Waals surface area contributed by atoms with Crippen LogP contribution in [0, 0.1) is 11.3 Å². The van der Waals surface area contributed by atoms with Gasteiger partial charge in [-0.25, -0.2) is 0 Å². The third-order valence-electron chi connectivity index (χ3n) is 2.40. The van der Waals surface area contributed by atoms with Crippen LogP contribution in [-0.2, 0) is 4.79 Å². The molecule has 3 nitrogen and oxygen atoms in total. The summed E-state index contributed by atoms with van der Waals surface area (Å²) in [7, 11) is 0. The van der Waals surface area contributed by atoms with Crippen LogP contribution in [0.15, 0.2) is 0 Å². The molecule has 1 aliphatic heterocycles. The Balaban J connectivity index is 2.50. The van der Waals surface area contributed by atoms with Crippen LogP contribution in [0.25, 0.3) is 0 Å². The van der Waals surface area contributed by atoms with Gasteiger partial charge in [-0.1, -0.05) is 6.92 Å². The van der Waals surface area contributed by atoms with Crippen molar-refractivity contribution in [2.75, 3.05) is 6.54 Å². The molecule has 1 atom stereocenters. The van der Waals surface area contributed by atoms with Crippen molar-refractivity contribution in [1.29, 1.82) is 5.26 Å². The Kier molecular flexibility index (Phi) is 3.09. The average Bonchev–Trinajstić information content (AvgIpc) is 2.51. The molecule has 0 aromatic heterocycles. The van der Waals surface area contributed by atoms with Crippen LogP contribution in [-0.4, -0.2) is 23.4 Å². The second kappa shape index (κ2) is 4.10. The van der Waals surface area contributed by atoms with Crippen molar-refractivity contribution in [3.8, 4) is 6.07 Å². The lowest BCUT2D eigenvalue weighted by molar-refractivity contribution is -0.130. The zero-order valence-electron chi connectivity index (χ0n) is 7.42. The Morgan fingerprint density at radius 1 is 1.75 bits per heavy atom. The van der Waals surface area contributed by atoms with Crippen molar-refractivity contribution < 1.29 is 4.79 Å². The molecule has 0 N–H and O–H groups in total. The first-order chi connectivity index (χ1) is 5.79. The maximum atomic E-state index is 11.3. The van der Waals surface area contributed by atoms with Crippen LogP contribution >= 0.6 is 0 Å². The molecule has 3 heteroatoms. The van der Waals surface area contributed by atoms with Gasteiger partial charge in [0.2, 0.25) is 5.91 Å². The van der Waals surface area contributed by atoms with Gasteiger partial charge < -0.3 is 4.90 Å². The molecule has 1 aliphatic rings. The quantitative estimate of drug-likeness (QED) is 0.620. The minimum absolute atomic E-state index is 0.00171. The second-order valence-electron chi connectivity index (χ2n) is 3.13. The number of rotatable bonds is 2. The van der Waals surface area contributed by atoms with Crippen molar-refractivity contribution in [2.45, 2.75) is 38.6 Å². The molecule has 1 heterocycles. The molecule has 0 aliphatic carbocycles. The van der Waals surface area contributed by atoms with Crippen molar-refractivity contribution >= 4 is 5.91 Å². The van der Waals surface area contributed by atoms with Gasteiger partial charge in [0.1, 0.15) is 6.42 Å². The molecule has 1 rings (SSSR count). The Morgan fingerprint density at radius 2 is 2.50 bits per heavy atom. The Labute approximate surface area is 73.0 Å². The Bertz CT molecular complexity index is 207. The number of nitriles is 1. The maximum absolute atomic E-state index is 11.3. The number of carbonyl (C=O) groups excluding carboxylic acids is 1. The van der Waals surface area contributed by atoms with Crippen LogP contribution in [0.1, 0.15) is 32.6 Å². The van der Waals surface area contributed by atoms with E-state index in [9.17, 15) is 4.79 Å². The zero-order valence-corrected chi connectivity index (χ0v) is 7.42. The van der Waals surface area contributed by atoms with E-state index in [0.717, 1.165) is 25.8 Å². The highest BCUT2D eigenvalue weighted by molar-refractivity contribution is 5.78. The molecule has 0 saturated carbocycles. The molecule has 66 valence electrons. The number of hydrogen-bond acceptors (Lipinski definition) is 2. The molecular formula is C9H14N2O. The maximum Gasteiger partial charge on any atom is 0.237 e. The standard InChI is InChI=1S/C9H14N2O/c1-2-8-4-3-7-11(8)9(12)5-6-10/h8H,2-5,7H2,1H3. The summed E-state index contributed by atoms with van der Waals surface area (Å²) in [6, 6.07) is 2.29. The summed E-state index contributed by atoms with van der Waals surface area (Å²) < 4.78 is 0. The van der Waals surface area contributed by atoms with E-state index in [0.29, 0.717) is 6.04 Å². The minimum atomic E-state index is 0.00171. The third-order valence-corrected chi connectivity index (χ3v) is 2.40. The summed E-state index contributed by atoms with van der Waals surface area (Å²) in [4.78, 5) is 13.2. The van der Waals surface area contributed by atoms with Crippen LogP contribution in [0.2, 0.25) is 0 Å². The van der Waals surface area contributed by atoms with E-state index in [1.54, 1.807) is 0 Å². The summed E-state index contributed by atoms with van der Waals surface area (Å²) in [5, 5.41) is 8.36. The molecule has 0 bridgehead atoms. The number of carbonyl (C=O) groups is 1. The lowest BCUT2D eigenvalue weighted by atomic mass is 10.1. The Hall–Kier alpha value is -1.04. The molecule has 1 fully saturated rings. The van der Waals surface area contributed by atoms with E-state index in [2.05, 4.69) is 6.92 Å². The van der Waals surface area contributed by atoms with Gasteiger partial charge in [-0.2, -0.15) is 5.26 Å².